The van der Waals surface area contributed by atoms with E-state index in [4.69, 9.17) is 4.74 Å². The molecule has 2 aromatic heterocycles. The molecule has 1 N–H and O–H groups in total. The molecule has 5 rings (SSSR count). The third-order valence-electron chi connectivity index (χ3n) is 4.69. The minimum Gasteiger partial charge on any atom is -0.497 e. The molecule has 0 amide bonds. The summed E-state index contributed by atoms with van der Waals surface area (Å²) in [6, 6.07) is 5.20. The summed E-state index contributed by atoms with van der Waals surface area (Å²) < 4.78 is 30.5. The van der Waals surface area contributed by atoms with Crippen LogP contribution in [-0.2, 0) is 9.84 Å². The van der Waals surface area contributed by atoms with Gasteiger partial charge in [0.15, 0.2) is 15.0 Å². The van der Waals surface area contributed by atoms with Crippen molar-refractivity contribution in [2.45, 2.75) is 16.4 Å². The fourth-order valence-electron chi connectivity index (χ4n) is 3.57. The number of ether oxygens (including phenoxy) is 1. The highest BCUT2D eigenvalue weighted by atomic mass is 32.2. The van der Waals surface area contributed by atoms with Crippen LogP contribution < -0.4 is 10.3 Å². The Labute approximate surface area is 140 Å². The number of methoxy groups -OCH3 is 1. The molecule has 1 fully saturated rings. The molecule has 1 saturated heterocycles. The van der Waals surface area contributed by atoms with Crippen LogP contribution in [0.4, 0.5) is 0 Å². The monoisotopic (exact) mass is 363 g/mol. The zero-order valence-electron chi connectivity index (χ0n) is 12.6. The SMILES string of the molecule is COc1ccc2[nH]c3c(=O)n4c(nc3c2c1)S[C@@H]1CS(=O)(=O)C[C@H]14. The number of aromatic amines is 1. The largest absolute Gasteiger partial charge is 0.497 e. The van der Waals surface area contributed by atoms with E-state index in [1.807, 2.05) is 18.2 Å². The Morgan fingerprint density at radius 2 is 2.21 bits per heavy atom. The summed E-state index contributed by atoms with van der Waals surface area (Å²) in [5.41, 5.74) is 1.62. The van der Waals surface area contributed by atoms with Crippen LogP contribution in [0.1, 0.15) is 6.04 Å². The third-order valence-corrected chi connectivity index (χ3v) is 7.89. The average Bonchev–Trinajstić information content (AvgIpc) is 3.14. The zero-order chi connectivity index (χ0) is 16.6. The second-order valence-electron chi connectivity index (χ2n) is 6.13. The van der Waals surface area contributed by atoms with Crippen molar-refractivity contribution in [1.29, 1.82) is 0 Å². The van der Waals surface area contributed by atoms with Crippen LogP contribution in [-0.4, -0.2) is 46.8 Å². The minimum absolute atomic E-state index is 0.0127. The van der Waals surface area contributed by atoms with Gasteiger partial charge in [0, 0.05) is 16.2 Å². The minimum atomic E-state index is -3.09. The third kappa shape index (κ3) is 1.82. The first-order chi connectivity index (χ1) is 11.5. The van der Waals surface area contributed by atoms with Gasteiger partial charge in [0.1, 0.15) is 16.8 Å². The maximum atomic E-state index is 13.0. The Morgan fingerprint density at radius 1 is 1.38 bits per heavy atom. The number of hydrogen-bond acceptors (Lipinski definition) is 6. The van der Waals surface area contributed by atoms with Gasteiger partial charge in [-0.05, 0) is 18.2 Å². The first kappa shape index (κ1) is 14.4. The lowest BCUT2D eigenvalue weighted by Gasteiger charge is -2.09. The Kier molecular flexibility index (Phi) is 2.72. The highest BCUT2D eigenvalue weighted by molar-refractivity contribution is 8.02. The van der Waals surface area contributed by atoms with Crippen LogP contribution in [0.5, 0.6) is 5.75 Å². The fraction of sp³-hybridized carbons (Fsp3) is 0.333. The van der Waals surface area contributed by atoms with E-state index in [2.05, 4.69) is 9.97 Å². The van der Waals surface area contributed by atoms with Gasteiger partial charge in [-0.15, -0.1) is 0 Å². The summed E-state index contributed by atoms with van der Waals surface area (Å²) in [5.74, 6) is 0.813. The van der Waals surface area contributed by atoms with Crippen molar-refractivity contribution >= 4 is 43.5 Å². The molecule has 0 bridgehead atoms. The van der Waals surface area contributed by atoms with Crippen molar-refractivity contribution in [3.8, 4) is 5.75 Å². The molecule has 9 heteroatoms. The van der Waals surface area contributed by atoms with Crippen molar-refractivity contribution in [3.05, 3.63) is 28.6 Å². The number of hydrogen-bond donors (Lipinski definition) is 1. The topological polar surface area (TPSA) is 94.1 Å². The number of fused-ring (bicyclic) bond motifs is 6. The summed E-state index contributed by atoms with van der Waals surface area (Å²) in [7, 11) is -1.50. The smallest absolute Gasteiger partial charge is 0.278 e. The van der Waals surface area contributed by atoms with Crippen molar-refractivity contribution in [2.24, 2.45) is 0 Å². The lowest BCUT2D eigenvalue weighted by Crippen LogP contribution is -2.27. The molecule has 3 aromatic rings. The van der Waals surface area contributed by atoms with Crippen molar-refractivity contribution in [1.82, 2.24) is 14.5 Å². The summed E-state index contributed by atoms with van der Waals surface area (Å²) in [6.45, 7) is 0. The molecule has 0 unspecified atom stereocenters. The van der Waals surface area contributed by atoms with Gasteiger partial charge in [0.2, 0.25) is 0 Å². The standard InChI is InChI=1S/C15H13N3O4S2/c1-22-7-2-3-9-8(4-7)12-13(16-9)14(19)18-10-5-24(20,21)6-11(10)23-15(18)17-12/h2-4,10-11,16H,5-6H2,1H3/t10-,11-/m1/s1. The van der Waals surface area contributed by atoms with E-state index in [1.165, 1.54) is 11.8 Å². The fourth-order valence-corrected chi connectivity index (χ4v) is 7.47. The molecule has 2 aliphatic heterocycles. The number of aromatic nitrogens is 3. The summed E-state index contributed by atoms with van der Waals surface area (Å²) in [5, 5.41) is 1.30. The van der Waals surface area contributed by atoms with E-state index in [9.17, 15) is 13.2 Å². The number of H-pyrrole nitrogens is 1. The number of benzene rings is 1. The maximum Gasteiger partial charge on any atom is 0.278 e. The van der Waals surface area contributed by atoms with E-state index >= 15 is 0 Å². The number of rotatable bonds is 1. The van der Waals surface area contributed by atoms with E-state index < -0.39 is 9.84 Å². The van der Waals surface area contributed by atoms with Crippen LogP contribution in [0.3, 0.4) is 0 Å². The lowest BCUT2D eigenvalue weighted by atomic mass is 10.2. The van der Waals surface area contributed by atoms with Gasteiger partial charge in [-0.25, -0.2) is 13.4 Å². The molecule has 0 spiro atoms. The molecule has 0 radical (unpaired) electrons. The van der Waals surface area contributed by atoms with Crippen LogP contribution in [0.15, 0.2) is 28.2 Å². The van der Waals surface area contributed by atoms with Crippen LogP contribution in [0.25, 0.3) is 21.9 Å². The molecule has 0 saturated carbocycles. The number of nitrogens with zero attached hydrogens (tertiary/aromatic N) is 2. The molecule has 7 nitrogen and oxygen atoms in total. The van der Waals surface area contributed by atoms with Crippen molar-refractivity contribution in [2.75, 3.05) is 18.6 Å². The molecule has 1 aromatic carbocycles. The molecular formula is C15H13N3O4S2. The summed E-state index contributed by atoms with van der Waals surface area (Å²) in [6.07, 6.45) is 0. The van der Waals surface area contributed by atoms with Gasteiger partial charge in [0.05, 0.1) is 24.7 Å². The second kappa shape index (κ2) is 4.54. The predicted molar refractivity (Wildman–Crippen MR) is 91.7 cm³/mol. The maximum absolute atomic E-state index is 13.0. The molecule has 2 atom stereocenters. The Bertz CT molecular complexity index is 1180. The quantitative estimate of drug-likeness (QED) is 0.656. The van der Waals surface area contributed by atoms with Crippen LogP contribution in [0, 0.1) is 0 Å². The zero-order valence-corrected chi connectivity index (χ0v) is 14.3. The first-order valence-electron chi connectivity index (χ1n) is 7.46. The molecule has 124 valence electrons. The van der Waals surface area contributed by atoms with Crippen LogP contribution in [0.2, 0.25) is 0 Å². The molecule has 4 heterocycles. The number of nitrogens with one attached hydrogen (secondary N) is 1. The lowest BCUT2D eigenvalue weighted by molar-refractivity contribution is 0.415. The Hall–Kier alpha value is -2.00. The normalized spacial score (nSPS) is 24.4. The van der Waals surface area contributed by atoms with Crippen molar-refractivity contribution < 1.29 is 13.2 Å². The van der Waals surface area contributed by atoms with Gasteiger partial charge in [-0.3, -0.25) is 9.36 Å². The molecular weight excluding hydrogens is 350 g/mol. The number of thioether (sulfide) groups is 1. The van der Waals surface area contributed by atoms with Crippen LogP contribution >= 0.6 is 11.8 Å². The Balaban J connectivity index is 1.80. The summed E-state index contributed by atoms with van der Waals surface area (Å²) in [4.78, 5) is 20.7. The van der Waals surface area contributed by atoms with E-state index in [0.717, 1.165) is 10.9 Å². The number of sulfone groups is 1. The highest BCUT2D eigenvalue weighted by Crippen LogP contribution is 2.44. The summed E-state index contributed by atoms with van der Waals surface area (Å²) >= 11 is 1.39. The molecule has 24 heavy (non-hydrogen) atoms. The van der Waals surface area contributed by atoms with Gasteiger partial charge in [-0.2, -0.15) is 0 Å². The van der Waals surface area contributed by atoms with E-state index in [1.54, 1.807) is 11.7 Å². The first-order valence-corrected chi connectivity index (χ1v) is 10.2. The Morgan fingerprint density at radius 3 is 3.00 bits per heavy atom. The van der Waals surface area contributed by atoms with Gasteiger partial charge in [0.25, 0.3) is 5.56 Å². The van der Waals surface area contributed by atoms with E-state index in [-0.39, 0.29) is 28.4 Å². The van der Waals surface area contributed by atoms with Crippen molar-refractivity contribution in [3.63, 3.8) is 0 Å². The van der Waals surface area contributed by atoms with Gasteiger partial charge >= 0.3 is 0 Å². The predicted octanol–water partition coefficient (Wildman–Crippen LogP) is 1.33. The molecule has 0 aliphatic carbocycles. The highest BCUT2D eigenvalue weighted by Gasteiger charge is 2.46. The van der Waals surface area contributed by atoms with E-state index in [0.29, 0.717) is 21.9 Å². The average molecular weight is 363 g/mol. The van der Waals surface area contributed by atoms with Gasteiger partial charge < -0.3 is 9.72 Å². The van der Waals surface area contributed by atoms with Gasteiger partial charge in [-0.1, -0.05) is 11.8 Å². The molecule has 2 aliphatic rings. The second-order valence-corrected chi connectivity index (χ2v) is 9.49.